The number of hydrogen-bond donors (Lipinski definition) is 1. The number of alkyl carbamates (subject to hydrolysis) is 1. The van der Waals surface area contributed by atoms with Crippen molar-refractivity contribution in [3.63, 3.8) is 0 Å². The Kier molecular flexibility index (Phi) is 13.3. The minimum absolute atomic E-state index is 0.0458. The van der Waals surface area contributed by atoms with Crippen molar-refractivity contribution in [3.8, 4) is 16.9 Å². The number of unbranched alkanes of at least 4 members (excludes halogenated alkanes) is 1. The van der Waals surface area contributed by atoms with Gasteiger partial charge in [-0.25, -0.2) is 18.8 Å². The molecule has 0 radical (unpaired) electrons. The first-order valence-electron chi connectivity index (χ1n) is 16.5. The van der Waals surface area contributed by atoms with E-state index < -0.39 is 36.7 Å². The first kappa shape index (κ1) is 38.3. The van der Waals surface area contributed by atoms with Crippen molar-refractivity contribution >= 4 is 37.3 Å². The van der Waals surface area contributed by atoms with Crippen molar-refractivity contribution in [2.24, 2.45) is 0 Å². The summed E-state index contributed by atoms with van der Waals surface area (Å²) in [7, 11) is -2.42. The number of carbonyl (C=O) groups excluding carboxylic acids is 2. The Balaban J connectivity index is 1.25. The van der Waals surface area contributed by atoms with Gasteiger partial charge < -0.3 is 23.7 Å². The Bertz CT molecular complexity index is 1870. The topological polar surface area (TPSA) is 160 Å². The van der Waals surface area contributed by atoms with Crippen molar-refractivity contribution in [1.29, 1.82) is 0 Å². The number of alkyl halides is 1. The number of carbonyl (C=O) groups is 2. The third-order valence-corrected chi connectivity index (χ3v) is 10.5. The number of nitrogens with zero attached hydrogens (tertiary/aromatic N) is 2. The Morgan fingerprint density at radius 1 is 1.02 bits per heavy atom. The predicted octanol–water partition coefficient (Wildman–Crippen LogP) is 8.02. The molecule has 0 spiro atoms. The summed E-state index contributed by atoms with van der Waals surface area (Å²) in [5.41, 5.74) is 4.93. The third kappa shape index (κ3) is 9.68. The van der Waals surface area contributed by atoms with Gasteiger partial charge in [0, 0.05) is 24.8 Å². The average molecular weight is 752 g/mol. The number of nitro groups is 1. The number of benzene rings is 3. The van der Waals surface area contributed by atoms with Crippen LogP contribution >= 0.6 is 19.3 Å². The lowest BCUT2D eigenvalue weighted by Gasteiger charge is -2.27. The monoisotopic (exact) mass is 751 g/mol. The van der Waals surface area contributed by atoms with Crippen LogP contribution in [-0.2, 0) is 36.4 Å². The van der Waals surface area contributed by atoms with Crippen molar-refractivity contribution in [2.75, 3.05) is 32.7 Å². The fraction of sp³-hybridized carbons (Fsp3) is 0.297. The van der Waals surface area contributed by atoms with Gasteiger partial charge in [-0.05, 0) is 65.9 Å². The summed E-state index contributed by atoms with van der Waals surface area (Å²) in [6.45, 7) is 3.58. The largest absolute Gasteiger partial charge is 0.461 e. The van der Waals surface area contributed by atoms with E-state index in [1.165, 1.54) is 22.9 Å². The van der Waals surface area contributed by atoms with Gasteiger partial charge in [0.2, 0.25) is 0 Å². The second kappa shape index (κ2) is 18.0. The molecule has 1 aliphatic carbocycles. The van der Waals surface area contributed by atoms with Gasteiger partial charge in [0.1, 0.15) is 42.3 Å². The highest BCUT2D eigenvalue weighted by Gasteiger charge is 2.34. The summed E-state index contributed by atoms with van der Waals surface area (Å²) >= 11 is 5.82. The SMILES string of the molecule is C=CCOC(=O)C(Cc1ccc(OP(=O)(OCc2ccc([N+](=O)[O-])o2)N(C)CCCCCl)cc1)NC(=O)OCC1c2ccccc2-c2ccccc21. The molecule has 3 aromatic carbocycles. The zero-order valence-corrected chi connectivity index (χ0v) is 30.1. The van der Waals surface area contributed by atoms with E-state index >= 15 is 0 Å². The van der Waals surface area contributed by atoms with E-state index in [2.05, 4.69) is 11.9 Å². The van der Waals surface area contributed by atoms with E-state index in [0.29, 0.717) is 30.8 Å². The summed E-state index contributed by atoms with van der Waals surface area (Å²) in [5.74, 6) is -0.594. The summed E-state index contributed by atoms with van der Waals surface area (Å²) in [5, 5.41) is 13.7. The van der Waals surface area contributed by atoms with E-state index in [1.54, 1.807) is 31.3 Å². The lowest BCUT2D eigenvalue weighted by molar-refractivity contribution is -0.402. The van der Waals surface area contributed by atoms with Gasteiger partial charge in [0.25, 0.3) is 0 Å². The van der Waals surface area contributed by atoms with Crippen LogP contribution in [0.5, 0.6) is 5.75 Å². The van der Waals surface area contributed by atoms with E-state index in [9.17, 15) is 24.3 Å². The number of nitrogens with one attached hydrogen (secondary N) is 1. The molecule has 5 rings (SSSR count). The molecule has 4 aromatic rings. The van der Waals surface area contributed by atoms with Gasteiger partial charge in [-0.15, -0.1) is 11.6 Å². The van der Waals surface area contributed by atoms with Crippen LogP contribution < -0.4 is 9.84 Å². The summed E-state index contributed by atoms with van der Waals surface area (Å²) < 4.78 is 43.1. The maximum absolute atomic E-state index is 14.0. The van der Waals surface area contributed by atoms with Gasteiger partial charge >= 0.3 is 25.7 Å². The number of amides is 1. The van der Waals surface area contributed by atoms with Crippen LogP contribution in [0.4, 0.5) is 10.7 Å². The molecule has 1 amide bonds. The first-order valence-corrected chi connectivity index (χ1v) is 18.6. The van der Waals surface area contributed by atoms with Crippen LogP contribution in [0, 0.1) is 10.1 Å². The lowest BCUT2D eigenvalue weighted by Crippen LogP contribution is -2.44. The van der Waals surface area contributed by atoms with Gasteiger partial charge in [-0.3, -0.25) is 14.6 Å². The van der Waals surface area contributed by atoms with Gasteiger partial charge in [0.05, 0.1) is 6.07 Å². The maximum atomic E-state index is 14.0. The highest BCUT2D eigenvalue weighted by molar-refractivity contribution is 7.51. The maximum Gasteiger partial charge on any atom is 0.461 e. The van der Waals surface area contributed by atoms with Gasteiger partial charge in [-0.1, -0.05) is 73.3 Å². The van der Waals surface area contributed by atoms with Crippen molar-refractivity contribution in [2.45, 2.75) is 37.8 Å². The highest BCUT2D eigenvalue weighted by Crippen LogP contribution is 2.52. The molecule has 0 saturated carbocycles. The molecular formula is C37H39ClN3O10P. The lowest BCUT2D eigenvalue weighted by atomic mass is 9.98. The molecule has 1 aliphatic rings. The summed E-state index contributed by atoms with van der Waals surface area (Å²) in [6.07, 6.45) is 1.98. The Morgan fingerprint density at radius 3 is 2.31 bits per heavy atom. The number of rotatable bonds is 19. The molecule has 0 fully saturated rings. The molecule has 1 N–H and O–H groups in total. The standard InChI is InChI=1S/C37H39ClN3O10P/c1-3-22-47-36(42)34(39-37(43)48-25-33-31-12-6-4-10-29(31)30-11-5-7-13-32(30)33)23-26-14-16-27(17-15-26)51-52(46,40(2)21-9-8-20-38)49-24-28-18-19-35(50-28)41(44)45/h3-7,10-19,33-34H,1,8-9,20-25H2,2H3,(H,39,43). The minimum atomic E-state index is -4.00. The first-order chi connectivity index (χ1) is 25.1. The quantitative estimate of drug-likeness (QED) is 0.0188. The van der Waals surface area contributed by atoms with Crippen LogP contribution in [0.25, 0.3) is 11.1 Å². The molecule has 1 aromatic heterocycles. The van der Waals surface area contributed by atoms with Gasteiger partial charge in [-0.2, -0.15) is 0 Å². The van der Waals surface area contributed by atoms with E-state index in [0.717, 1.165) is 22.3 Å². The van der Waals surface area contributed by atoms with Crippen molar-refractivity contribution < 1.29 is 42.0 Å². The van der Waals surface area contributed by atoms with Crippen molar-refractivity contribution in [3.05, 3.63) is 130 Å². The molecule has 2 atom stereocenters. The fourth-order valence-electron chi connectivity index (χ4n) is 5.71. The number of ether oxygens (including phenoxy) is 2. The number of fused-ring (bicyclic) bond motifs is 3. The molecule has 52 heavy (non-hydrogen) atoms. The summed E-state index contributed by atoms with van der Waals surface area (Å²) in [4.78, 5) is 36.4. The van der Waals surface area contributed by atoms with Crippen LogP contribution in [0.3, 0.4) is 0 Å². The molecular weight excluding hydrogens is 713 g/mol. The zero-order valence-electron chi connectivity index (χ0n) is 28.5. The van der Waals surface area contributed by atoms with Gasteiger partial charge in [0.15, 0.2) is 0 Å². The number of halogens is 1. The third-order valence-electron chi connectivity index (χ3n) is 8.33. The number of hydrogen-bond acceptors (Lipinski definition) is 10. The number of furan rings is 1. The molecule has 0 saturated heterocycles. The second-order valence-electron chi connectivity index (χ2n) is 11.9. The Labute approximate surface area is 306 Å². The zero-order chi connectivity index (χ0) is 37.1. The summed E-state index contributed by atoms with van der Waals surface area (Å²) in [6, 6.07) is 23.8. The molecule has 274 valence electrons. The molecule has 1 heterocycles. The fourth-order valence-corrected chi connectivity index (χ4v) is 7.36. The smallest absolute Gasteiger partial charge is 0.460 e. The van der Waals surface area contributed by atoms with Crippen LogP contribution in [0.15, 0.2) is 102 Å². The van der Waals surface area contributed by atoms with Crippen LogP contribution in [0.1, 0.15) is 41.2 Å². The molecule has 0 aliphatic heterocycles. The van der Waals surface area contributed by atoms with Crippen LogP contribution in [0.2, 0.25) is 0 Å². The highest BCUT2D eigenvalue weighted by atomic mass is 35.5. The van der Waals surface area contributed by atoms with E-state index in [4.69, 9.17) is 34.5 Å². The van der Waals surface area contributed by atoms with Crippen LogP contribution in [-0.4, -0.2) is 60.4 Å². The molecule has 0 bridgehead atoms. The molecule has 13 nitrogen and oxygen atoms in total. The van der Waals surface area contributed by atoms with E-state index in [1.807, 2.05) is 48.5 Å². The average Bonchev–Trinajstić information content (AvgIpc) is 3.76. The van der Waals surface area contributed by atoms with Crippen molar-refractivity contribution in [1.82, 2.24) is 9.99 Å². The minimum Gasteiger partial charge on any atom is -0.460 e. The number of esters is 1. The molecule has 15 heteroatoms. The Morgan fingerprint density at radius 2 is 1.69 bits per heavy atom. The Hall–Kier alpha value is -4.94. The predicted molar refractivity (Wildman–Crippen MR) is 194 cm³/mol. The molecule has 2 unspecified atom stereocenters. The van der Waals surface area contributed by atoms with E-state index in [-0.39, 0.29) is 43.7 Å². The normalized spacial score (nSPS) is 13.8. The second-order valence-corrected chi connectivity index (χ2v) is 14.3.